The van der Waals surface area contributed by atoms with E-state index in [4.69, 9.17) is 17.3 Å². The quantitative estimate of drug-likeness (QED) is 0.770. The molecule has 0 aliphatic rings. The van der Waals surface area contributed by atoms with E-state index in [0.29, 0.717) is 5.02 Å². The topological polar surface area (TPSA) is 38.9 Å². The molecule has 1 aromatic rings. The third-order valence-corrected chi connectivity index (χ3v) is 3.16. The lowest BCUT2D eigenvalue weighted by molar-refractivity contribution is 1.16. The summed E-state index contributed by atoms with van der Waals surface area (Å²) in [5, 5.41) is 1.42. The summed E-state index contributed by atoms with van der Waals surface area (Å²) >= 11 is 7.48. The summed E-state index contributed by atoms with van der Waals surface area (Å²) < 4.78 is 0. The van der Waals surface area contributed by atoms with Crippen LogP contribution in [0.4, 0.5) is 0 Å². The molecule has 0 fully saturated rings. The molecule has 0 saturated heterocycles. The molecule has 1 rings (SSSR count). The summed E-state index contributed by atoms with van der Waals surface area (Å²) in [5.41, 5.74) is 6.50. The summed E-state index contributed by atoms with van der Waals surface area (Å²) in [6, 6.07) is 1.86. The number of halogens is 1. The Morgan fingerprint density at radius 3 is 3.00 bits per heavy atom. The highest BCUT2D eigenvalue weighted by Gasteiger charge is 2.04. The number of rotatable bonds is 2. The van der Waals surface area contributed by atoms with E-state index in [9.17, 15) is 0 Å². The summed E-state index contributed by atoms with van der Waals surface area (Å²) in [6.07, 6.45) is 3.57. The minimum Gasteiger partial charge on any atom is -0.394 e. The van der Waals surface area contributed by atoms with Gasteiger partial charge in [-0.1, -0.05) is 29.4 Å². The summed E-state index contributed by atoms with van der Waals surface area (Å²) in [7, 11) is 0. The van der Waals surface area contributed by atoms with Crippen molar-refractivity contribution in [3.8, 4) is 0 Å². The minimum absolute atomic E-state index is 0.678. The zero-order valence-electron chi connectivity index (χ0n) is 7.54. The second kappa shape index (κ2) is 4.53. The smallest absolute Gasteiger partial charge is 0.0758 e. The molecule has 0 bridgehead atoms. The Morgan fingerprint density at radius 1 is 1.69 bits per heavy atom. The summed E-state index contributed by atoms with van der Waals surface area (Å²) in [6.45, 7) is 3.77. The molecule has 70 valence electrons. The SMILES string of the molecule is C/C=C(\N)Sc1ccnc(C)c1Cl. The summed E-state index contributed by atoms with van der Waals surface area (Å²) in [5.74, 6) is 0. The van der Waals surface area contributed by atoms with Crippen molar-refractivity contribution in [3.63, 3.8) is 0 Å². The largest absolute Gasteiger partial charge is 0.394 e. The molecule has 0 saturated carbocycles. The number of pyridine rings is 1. The highest BCUT2D eigenvalue weighted by atomic mass is 35.5. The highest BCUT2D eigenvalue weighted by molar-refractivity contribution is 8.03. The van der Waals surface area contributed by atoms with Crippen molar-refractivity contribution in [2.45, 2.75) is 18.7 Å². The monoisotopic (exact) mass is 214 g/mol. The molecule has 0 spiro atoms. The average molecular weight is 215 g/mol. The molecule has 4 heteroatoms. The lowest BCUT2D eigenvalue weighted by atomic mass is 10.4. The van der Waals surface area contributed by atoms with Crippen LogP contribution in [-0.2, 0) is 0 Å². The lowest BCUT2D eigenvalue weighted by Crippen LogP contribution is -1.92. The van der Waals surface area contributed by atoms with Gasteiger partial charge in [0.1, 0.15) is 0 Å². The Labute approximate surface area is 87.2 Å². The molecule has 0 aliphatic heterocycles. The van der Waals surface area contributed by atoms with E-state index in [2.05, 4.69) is 4.98 Å². The molecule has 0 aromatic carbocycles. The van der Waals surface area contributed by atoms with Gasteiger partial charge in [0.05, 0.1) is 15.7 Å². The summed E-state index contributed by atoms with van der Waals surface area (Å²) in [4.78, 5) is 5.02. The number of allylic oxidation sites excluding steroid dienone is 1. The van der Waals surface area contributed by atoms with Gasteiger partial charge in [-0.25, -0.2) is 0 Å². The predicted molar refractivity (Wildman–Crippen MR) is 57.8 cm³/mol. The first-order valence-corrected chi connectivity index (χ1v) is 5.05. The fraction of sp³-hybridized carbons (Fsp3) is 0.222. The Morgan fingerprint density at radius 2 is 2.38 bits per heavy atom. The number of nitrogens with zero attached hydrogens (tertiary/aromatic N) is 1. The molecule has 0 atom stereocenters. The van der Waals surface area contributed by atoms with E-state index in [1.54, 1.807) is 6.20 Å². The molecule has 2 N–H and O–H groups in total. The fourth-order valence-corrected chi connectivity index (χ4v) is 1.76. The van der Waals surface area contributed by atoms with Crippen molar-refractivity contribution in [1.82, 2.24) is 4.98 Å². The van der Waals surface area contributed by atoms with Gasteiger partial charge in [-0.05, 0) is 19.9 Å². The van der Waals surface area contributed by atoms with Gasteiger partial charge in [0.25, 0.3) is 0 Å². The van der Waals surface area contributed by atoms with Crippen LogP contribution >= 0.6 is 23.4 Å². The highest BCUT2D eigenvalue weighted by Crippen LogP contribution is 2.31. The van der Waals surface area contributed by atoms with Gasteiger partial charge in [0.2, 0.25) is 0 Å². The predicted octanol–water partition coefficient (Wildman–Crippen LogP) is 2.96. The maximum atomic E-state index is 6.03. The number of aromatic nitrogens is 1. The maximum Gasteiger partial charge on any atom is 0.0758 e. The first kappa shape index (κ1) is 10.4. The van der Waals surface area contributed by atoms with Gasteiger partial charge < -0.3 is 5.73 Å². The molecule has 1 aromatic heterocycles. The first-order valence-electron chi connectivity index (χ1n) is 3.86. The molecular formula is C9H11ClN2S. The van der Waals surface area contributed by atoms with Gasteiger partial charge in [-0.3, -0.25) is 4.98 Å². The number of hydrogen-bond acceptors (Lipinski definition) is 3. The molecule has 2 nitrogen and oxygen atoms in total. The molecular weight excluding hydrogens is 204 g/mol. The van der Waals surface area contributed by atoms with Crippen molar-refractivity contribution >= 4 is 23.4 Å². The van der Waals surface area contributed by atoms with Crippen LogP contribution in [0.25, 0.3) is 0 Å². The van der Waals surface area contributed by atoms with E-state index >= 15 is 0 Å². The molecule has 0 amide bonds. The molecule has 0 aliphatic carbocycles. The zero-order valence-corrected chi connectivity index (χ0v) is 9.12. The Bertz CT molecular complexity index is 336. The third-order valence-electron chi connectivity index (χ3n) is 1.54. The molecule has 0 radical (unpaired) electrons. The van der Waals surface area contributed by atoms with Crippen LogP contribution in [0.2, 0.25) is 5.02 Å². The van der Waals surface area contributed by atoms with Crippen LogP contribution in [0.5, 0.6) is 0 Å². The average Bonchev–Trinajstić information content (AvgIpc) is 2.13. The normalized spacial score (nSPS) is 11.8. The van der Waals surface area contributed by atoms with Gasteiger partial charge >= 0.3 is 0 Å². The lowest BCUT2D eigenvalue weighted by Gasteiger charge is -2.04. The van der Waals surface area contributed by atoms with Gasteiger partial charge in [-0.2, -0.15) is 0 Å². The van der Waals surface area contributed by atoms with Crippen molar-refractivity contribution in [3.05, 3.63) is 34.1 Å². The van der Waals surface area contributed by atoms with Crippen molar-refractivity contribution in [1.29, 1.82) is 0 Å². The fourth-order valence-electron chi connectivity index (χ4n) is 0.790. The van der Waals surface area contributed by atoms with Crippen molar-refractivity contribution < 1.29 is 0 Å². The second-order valence-corrected chi connectivity index (χ2v) is 3.99. The van der Waals surface area contributed by atoms with E-state index in [1.807, 2.05) is 26.0 Å². The van der Waals surface area contributed by atoms with Crippen LogP contribution < -0.4 is 5.73 Å². The van der Waals surface area contributed by atoms with Crippen molar-refractivity contribution in [2.24, 2.45) is 5.73 Å². The zero-order chi connectivity index (χ0) is 9.84. The van der Waals surface area contributed by atoms with Crippen LogP contribution in [0.15, 0.2) is 28.3 Å². The van der Waals surface area contributed by atoms with Crippen LogP contribution in [0.1, 0.15) is 12.6 Å². The van der Waals surface area contributed by atoms with Gasteiger partial charge in [-0.15, -0.1) is 0 Å². The van der Waals surface area contributed by atoms with Gasteiger partial charge in [0.15, 0.2) is 0 Å². The van der Waals surface area contributed by atoms with Gasteiger partial charge in [0, 0.05) is 11.1 Å². The first-order chi connectivity index (χ1) is 6.15. The Balaban J connectivity index is 2.96. The Kier molecular flexibility index (Phi) is 3.63. The Hall–Kier alpha value is -0.670. The number of aryl methyl sites for hydroxylation is 1. The van der Waals surface area contributed by atoms with E-state index in [1.165, 1.54) is 11.8 Å². The number of hydrogen-bond donors (Lipinski definition) is 1. The molecule has 13 heavy (non-hydrogen) atoms. The molecule has 0 unspecified atom stereocenters. The second-order valence-electron chi connectivity index (χ2n) is 2.50. The van der Waals surface area contributed by atoms with Crippen LogP contribution in [0.3, 0.4) is 0 Å². The van der Waals surface area contributed by atoms with E-state index in [0.717, 1.165) is 15.6 Å². The van der Waals surface area contributed by atoms with E-state index in [-0.39, 0.29) is 0 Å². The third kappa shape index (κ3) is 2.64. The van der Waals surface area contributed by atoms with Crippen LogP contribution in [-0.4, -0.2) is 4.98 Å². The standard InChI is InChI=1S/C9H11ClN2S/c1-3-8(11)13-7-4-5-12-6(2)9(7)10/h3-5H,11H2,1-2H3/b8-3+. The number of thioether (sulfide) groups is 1. The van der Waals surface area contributed by atoms with E-state index < -0.39 is 0 Å². The van der Waals surface area contributed by atoms with Crippen molar-refractivity contribution in [2.75, 3.05) is 0 Å². The minimum atomic E-state index is 0.678. The maximum absolute atomic E-state index is 6.03. The number of nitrogens with two attached hydrogens (primary N) is 1. The van der Waals surface area contributed by atoms with Crippen LogP contribution in [0, 0.1) is 6.92 Å². The molecule has 1 heterocycles.